The minimum absolute atomic E-state index is 0.560. The van der Waals surface area contributed by atoms with Crippen LogP contribution in [0.25, 0.3) is 0 Å². The van der Waals surface area contributed by atoms with Crippen molar-refractivity contribution >= 4 is 8.56 Å². The third kappa shape index (κ3) is 2.04. The topological polar surface area (TPSA) is 18.5 Å². The molecule has 0 aromatic heterocycles. The normalized spacial score (nSPS) is 27.0. The van der Waals surface area contributed by atoms with Crippen LogP contribution in [-0.4, -0.2) is 22.8 Å². The second kappa shape index (κ2) is 4.77. The molecular formula is C11H24O2Si. The Morgan fingerprint density at radius 3 is 2.21 bits per heavy atom. The third-order valence-electron chi connectivity index (χ3n) is 3.54. The predicted octanol–water partition coefficient (Wildman–Crippen LogP) is 3.32. The van der Waals surface area contributed by atoms with Crippen molar-refractivity contribution < 1.29 is 8.85 Å². The van der Waals surface area contributed by atoms with Gasteiger partial charge in [0.2, 0.25) is 0 Å². The second-order valence-corrected chi connectivity index (χ2v) is 8.83. The van der Waals surface area contributed by atoms with Gasteiger partial charge in [-0.05, 0) is 17.9 Å². The zero-order valence-electron chi connectivity index (χ0n) is 10.2. The van der Waals surface area contributed by atoms with Crippen molar-refractivity contribution in [3.8, 4) is 0 Å². The van der Waals surface area contributed by atoms with Gasteiger partial charge in [-0.15, -0.1) is 0 Å². The summed E-state index contributed by atoms with van der Waals surface area (Å²) in [6, 6.07) is 0. The maximum Gasteiger partial charge on any atom is 0.343 e. The Morgan fingerprint density at radius 1 is 1.29 bits per heavy atom. The molecule has 1 aliphatic rings. The van der Waals surface area contributed by atoms with Crippen LogP contribution in [0.1, 0.15) is 40.0 Å². The summed E-state index contributed by atoms with van der Waals surface area (Å²) in [7, 11) is 1.77. The molecule has 0 saturated heterocycles. The van der Waals surface area contributed by atoms with Crippen molar-refractivity contribution in [2.24, 2.45) is 5.92 Å². The second-order valence-electron chi connectivity index (χ2n) is 4.68. The molecular weight excluding hydrogens is 192 g/mol. The first kappa shape index (κ1) is 12.2. The van der Waals surface area contributed by atoms with Gasteiger partial charge >= 0.3 is 8.56 Å². The number of rotatable bonds is 6. The minimum atomic E-state index is -1.89. The summed E-state index contributed by atoms with van der Waals surface area (Å²) >= 11 is 0. The molecule has 1 aliphatic carbocycles. The maximum atomic E-state index is 5.77. The van der Waals surface area contributed by atoms with E-state index >= 15 is 0 Å². The highest BCUT2D eigenvalue weighted by molar-refractivity contribution is 6.71. The van der Waals surface area contributed by atoms with E-state index in [1.165, 1.54) is 19.3 Å². The summed E-state index contributed by atoms with van der Waals surface area (Å²) in [4.78, 5) is 0. The Labute approximate surface area is 89.2 Å². The Hall–Kier alpha value is 0.137. The van der Waals surface area contributed by atoms with E-state index in [1.807, 2.05) is 14.2 Å². The summed E-state index contributed by atoms with van der Waals surface area (Å²) in [6.45, 7) is 6.73. The van der Waals surface area contributed by atoms with E-state index < -0.39 is 8.56 Å². The Balaban J connectivity index is 2.61. The van der Waals surface area contributed by atoms with Crippen molar-refractivity contribution in [1.82, 2.24) is 0 Å². The Morgan fingerprint density at radius 2 is 1.86 bits per heavy atom. The van der Waals surface area contributed by atoms with Gasteiger partial charge in [-0.3, -0.25) is 0 Å². The molecule has 0 spiro atoms. The number of hydrogen-bond donors (Lipinski definition) is 0. The summed E-state index contributed by atoms with van der Waals surface area (Å²) in [5, 5.41) is 0. The van der Waals surface area contributed by atoms with Gasteiger partial charge in [0.15, 0.2) is 0 Å². The lowest BCUT2D eigenvalue weighted by atomic mass is 10.2. The van der Waals surface area contributed by atoms with Crippen molar-refractivity contribution in [2.45, 2.75) is 51.1 Å². The fourth-order valence-corrected chi connectivity index (χ4v) is 6.74. The van der Waals surface area contributed by atoms with Gasteiger partial charge in [0.25, 0.3) is 0 Å². The summed E-state index contributed by atoms with van der Waals surface area (Å²) in [5.41, 5.74) is 1.31. The van der Waals surface area contributed by atoms with E-state index in [1.54, 1.807) is 0 Å². The average Bonchev–Trinajstić information content (AvgIpc) is 2.88. The third-order valence-corrected chi connectivity index (χ3v) is 8.17. The SMILES string of the molecule is CCCC1CC1[Si](OC)(OC)C(C)C. The molecule has 0 aromatic rings. The van der Waals surface area contributed by atoms with Crippen molar-refractivity contribution in [3.63, 3.8) is 0 Å². The molecule has 0 N–H and O–H groups in total. The van der Waals surface area contributed by atoms with Gasteiger partial charge in [0.1, 0.15) is 0 Å². The van der Waals surface area contributed by atoms with Crippen molar-refractivity contribution in [1.29, 1.82) is 0 Å². The Kier molecular flexibility index (Phi) is 4.16. The lowest BCUT2D eigenvalue weighted by molar-refractivity contribution is 0.228. The highest BCUT2D eigenvalue weighted by Gasteiger charge is 2.58. The first-order chi connectivity index (χ1) is 6.62. The molecule has 1 saturated carbocycles. The van der Waals surface area contributed by atoms with Gasteiger partial charge in [-0.25, -0.2) is 0 Å². The summed E-state index contributed by atoms with van der Waals surface area (Å²) in [6.07, 6.45) is 3.97. The molecule has 0 heterocycles. The van der Waals surface area contributed by atoms with Crippen LogP contribution in [0.2, 0.25) is 11.1 Å². The van der Waals surface area contributed by atoms with Gasteiger partial charge in [0, 0.05) is 19.8 Å². The predicted molar refractivity (Wildman–Crippen MR) is 61.6 cm³/mol. The van der Waals surface area contributed by atoms with Crippen LogP contribution in [0.15, 0.2) is 0 Å². The molecule has 0 aliphatic heterocycles. The molecule has 1 fully saturated rings. The average molecular weight is 216 g/mol. The largest absolute Gasteiger partial charge is 0.397 e. The van der Waals surface area contributed by atoms with Crippen LogP contribution in [0.5, 0.6) is 0 Å². The van der Waals surface area contributed by atoms with Crippen LogP contribution in [0, 0.1) is 5.92 Å². The first-order valence-electron chi connectivity index (χ1n) is 5.72. The fourth-order valence-electron chi connectivity index (χ4n) is 2.72. The standard InChI is InChI=1S/C11H24O2Si/c1-6-7-10-8-11(10)14(12-4,13-5)9(2)3/h9-11H,6-8H2,1-5H3. The van der Waals surface area contributed by atoms with Crippen LogP contribution in [-0.2, 0) is 8.85 Å². The molecule has 2 atom stereocenters. The van der Waals surface area contributed by atoms with Gasteiger partial charge < -0.3 is 8.85 Å². The molecule has 0 aromatic carbocycles. The number of hydrogen-bond acceptors (Lipinski definition) is 2. The first-order valence-corrected chi connectivity index (χ1v) is 7.69. The maximum absolute atomic E-state index is 5.77. The van der Waals surface area contributed by atoms with E-state index in [-0.39, 0.29) is 0 Å². The van der Waals surface area contributed by atoms with Crippen molar-refractivity contribution in [2.75, 3.05) is 14.2 Å². The molecule has 84 valence electrons. The van der Waals surface area contributed by atoms with Crippen LogP contribution in [0.4, 0.5) is 0 Å². The van der Waals surface area contributed by atoms with Gasteiger partial charge in [-0.2, -0.15) is 0 Å². The monoisotopic (exact) mass is 216 g/mol. The van der Waals surface area contributed by atoms with Gasteiger partial charge in [0.05, 0.1) is 0 Å². The van der Waals surface area contributed by atoms with Gasteiger partial charge in [-0.1, -0.05) is 33.6 Å². The van der Waals surface area contributed by atoms with Crippen molar-refractivity contribution in [3.05, 3.63) is 0 Å². The molecule has 2 unspecified atom stereocenters. The minimum Gasteiger partial charge on any atom is -0.397 e. The zero-order chi connectivity index (χ0) is 10.8. The zero-order valence-corrected chi connectivity index (χ0v) is 11.2. The molecule has 0 radical (unpaired) electrons. The highest BCUT2D eigenvalue weighted by atomic mass is 28.4. The molecule has 2 nitrogen and oxygen atoms in total. The molecule has 3 heteroatoms. The quantitative estimate of drug-likeness (QED) is 0.634. The van der Waals surface area contributed by atoms with E-state index in [0.717, 1.165) is 11.5 Å². The molecule has 0 amide bonds. The lowest BCUT2D eigenvalue weighted by Gasteiger charge is -2.31. The van der Waals surface area contributed by atoms with E-state index in [0.29, 0.717) is 5.54 Å². The summed E-state index contributed by atoms with van der Waals surface area (Å²) in [5.74, 6) is 0.883. The lowest BCUT2D eigenvalue weighted by Crippen LogP contribution is -2.44. The van der Waals surface area contributed by atoms with Crippen LogP contribution in [0.3, 0.4) is 0 Å². The van der Waals surface area contributed by atoms with Crippen LogP contribution < -0.4 is 0 Å². The highest BCUT2D eigenvalue weighted by Crippen LogP contribution is 2.57. The summed E-state index contributed by atoms with van der Waals surface area (Å²) < 4.78 is 11.5. The van der Waals surface area contributed by atoms with E-state index in [9.17, 15) is 0 Å². The van der Waals surface area contributed by atoms with E-state index in [2.05, 4.69) is 20.8 Å². The fraction of sp³-hybridized carbons (Fsp3) is 1.00. The Bertz CT molecular complexity index is 178. The molecule has 1 rings (SSSR count). The van der Waals surface area contributed by atoms with E-state index in [4.69, 9.17) is 8.85 Å². The molecule has 0 bridgehead atoms. The molecule has 14 heavy (non-hydrogen) atoms. The van der Waals surface area contributed by atoms with Crippen LogP contribution >= 0.6 is 0 Å². The smallest absolute Gasteiger partial charge is 0.343 e.